The fraction of sp³-hybridized carbons (Fsp3) is 0.176. The highest BCUT2D eigenvalue weighted by Gasteiger charge is 2.18. The Morgan fingerprint density at radius 2 is 2.05 bits per heavy atom. The van der Waals surface area contributed by atoms with Crippen molar-refractivity contribution in [2.75, 3.05) is 7.11 Å². The average Bonchev–Trinajstić information content (AvgIpc) is 2.79. The minimum Gasteiger partial charge on any atom is -0.496 e. The van der Waals surface area contributed by atoms with Gasteiger partial charge in [-0.05, 0) is 31.2 Å². The molecule has 2 aromatic heterocycles. The van der Waals surface area contributed by atoms with Crippen molar-refractivity contribution in [2.45, 2.75) is 6.92 Å². The number of methoxy groups -OCH3 is 1. The summed E-state index contributed by atoms with van der Waals surface area (Å²) in [4.78, 5) is 15.3. The topological polar surface area (TPSA) is 64.3 Å². The molecule has 0 spiro atoms. The average molecular weight is 296 g/mol. The van der Waals surface area contributed by atoms with Gasteiger partial charge in [0.25, 0.3) is 0 Å². The van der Waals surface area contributed by atoms with E-state index in [-0.39, 0.29) is 5.56 Å². The lowest BCUT2D eigenvalue weighted by atomic mass is 10.1. The maximum absolute atomic E-state index is 11.0. The van der Waals surface area contributed by atoms with Gasteiger partial charge >= 0.3 is 5.97 Å². The number of carboxylic acids is 1. The minimum absolute atomic E-state index is 0.175. The molecule has 0 unspecified atom stereocenters. The molecule has 22 heavy (non-hydrogen) atoms. The van der Waals surface area contributed by atoms with Crippen LogP contribution in [0, 0.1) is 6.92 Å². The van der Waals surface area contributed by atoms with E-state index in [0.717, 1.165) is 33.6 Å². The van der Waals surface area contributed by atoms with Gasteiger partial charge in [-0.3, -0.25) is 4.98 Å². The monoisotopic (exact) mass is 296 g/mol. The largest absolute Gasteiger partial charge is 0.496 e. The summed E-state index contributed by atoms with van der Waals surface area (Å²) in [5, 5.41) is 9.98. The van der Waals surface area contributed by atoms with Gasteiger partial charge in [-0.25, -0.2) is 4.79 Å². The number of pyridine rings is 1. The van der Waals surface area contributed by atoms with Crippen LogP contribution in [0.25, 0.3) is 22.2 Å². The summed E-state index contributed by atoms with van der Waals surface area (Å²) in [5.41, 5.74) is 3.98. The number of aromatic carboxylic acids is 1. The van der Waals surface area contributed by atoms with Crippen molar-refractivity contribution >= 4 is 16.9 Å². The SMILES string of the molecule is COc1cccc2c1c(-c1ccc(C(=O)O)cn1)c(C)n2C. The lowest BCUT2D eigenvalue weighted by molar-refractivity contribution is 0.0696. The van der Waals surface area contributed by atoms with E-state index in [0.29, 0.717) is 0 Å². The van der Waals surface area contributed by atoms with Crippen molar-refractivity contribution in [3.8, 4) is 17.0 Å². The third-order valence-corrected chi connectivity index (χ3v) is 3.97. The normalized spacial score (nSPS) is 10.9. The number of hydrogen-bond acceptors (Lipinski definition) is 3. The lowest BCUT2D eigenvalue weighted by Gasteiger charge is -2.05. The van der Waals surface area contributed by atoms with Gasteiger partial charge in [0.05, 0.1) is 29.3 Å². The number of rotatable bonds is 3. The van der Waals surface area contributed by atoms with Crippen LogP contribution < -0.4 is 4.74 Å². The van der Waals surface area contributed by atoms with Crippen molar-refractivity contribution in [2.24, 2.45) is 7.05 Å². The summed E-state index contributed by atoms with van der Waals surface area (Å²) in [6.45, 7) is 2.02. The molecule has 1 aromatic carbocycles. The van der Waals surface area contributed by atoms with Gasteiger partial charge in [-0.1, -0.05) is 6.07 Å². The first-order chi connectivity index (χ1) is 10.5. The van der Waals surface area contributed by atoms with Crippen LogP contribution in [0.3, 0.4) is 0 Å². The van der Waals surface area contributed by atoms with Gasteiger partial charge in [-0.2, -0.15) is 0 Å². The van der Waals surface area contributed by atoms with Crippen molar-refractivity contribution in [1.82, 2.24) is 9.55 Å². The molecule has 0 saturated carbocycles. The van der Waals surface area contributed by atoms with Crippen LogP contribution in [-0.2, 0) is 7.05 Å². The van der Waals surface area contributed by atoms with Crippen LogP contribution in [0.5, 0.6) is 5.75 Å². The fourth-order valence-corrected chi connectivity index (χ4v) is 2.73. The van der Waals surface area contributed by atoms with E-state index in [1.807, 2.05) is 32.2 Å². The number of carboxylic acid groups (broad SMARTS) is 1. The quantitative estimate of drug-likeness (QED) is 0.805. The Balaban J connectivity index is 2.30. The molecule has 3 aromatic rings. The van der Waals surface area contributed by atoms with Crippen LogP contribution in [0.15, 0.2) is 36.5 Å². The molecule has 1 N–H and O–H groups in total. The molecule has 0 bridgehead atoms. The van der Waals surface area contributed by atoms with Crippen LogP contribution in [0.2, 0.25) is 0 Å². The predicted molar refractivity (Wildman–Crippen MR) is 84.4 cm³/mol. The number of benzene rings is 1. The Hall–Kier alpha value is -2.82. The second kappa shape index (κ2) is 5.18. The molecule has 0 atom stereocenters. The number of fused-ring (bicyclic) bond motifs is 1. The number of hydrogen-bond donors (Lipinski definition) is 1. The highest BCUT2D eigenvalue weighted by Crippen LogP contribution is 2.38. The smallest absolute Gasteiger partial charge is 0.337 e. The van der Waals surface area contributed by atoms with E-state index >= 15 is 0 Å². The summed E-state index contributed by atoms with van der Waals surface area (Å²) in [5.74, 6) is -0.202. The molecule has 0 saturated heterocycles. The van der Waals surface area contributed by atoms with Crippen molar-refractivity contribution in [1.29, 1.82) is 0 Å². The lowest BCUT2D eigenvalue weighted by Crippen LogP contribution is -1.97. The number of ether oxygens (including phenoxy) is 1. The van der Waals surface area contributed by atoms with Crippen molar-refractivity contribution < 1.29 is 14.6 Å². The summed E-state index contributed by atoms with van der Waals surface area (Å²) in [6, 6.07) is 9.19. The maximum Gasteiger partial charge on any atom is 0.337 e. The highest BCUT2D eigenvalue weighted by molar-refractivity contribution is 6.01. The van der Waals surface area contributed by atoms with Gasteiger partial charge in [0.1, 0.15) is 5.75 Å². The van der Waals surface area contributed by atoms with Gasteiger partial charge in [-0.15, -0.1) is 0 Å². The van der Waals surface area contributed by atoms with E-state index in [4.69, 9.17) is 9.84 Å². The molecular weight excluding hydrogens is 280 g/mol. The van der Waals surface area contributed by atoms with Crippen LogP contribution in [0.1, 0.15) is 16.1 Å². The first-order valence-corrected chi connectivity index (χ1v) is 6.86. The molecule has 0 radical (unpaired) electrons. The molecule has 0 fully saturated rings. The Bertz CT molecular complexity index is 864. The van der Waals surface area contributed by atoms with Crippen molar-refractivity contribution in [3.63, 3.8) is 0 Å². The molecular formula is C17H16N2O3. The Morgan fingerprint density at radius 3 is 2.64 bits per heavy atom. The minimum atomic E-state index is -0.980. The molecule has 0 amide bonds. The third kappa shape index (κ3) is 2.02. The maximum atomic E-state index is 11.0. The van der Waals surface area contributed by atoms with Gasteiger partial charge in [0.15, 0.2) is 0 Å². The number of nitrogens with zero attached hydrogens (tertiary/aromatic N) is 2. The summed E-state index contributed by atoms with van der Waals surface area (Å²) >= 11 is 0. The zero-order valence-corrected chi connectivity index (χ0v) is 12.6. The van der Waals surface area contributed by atoms with E-state index in [1.165, 1.54) is 6.20 Å². The molecule has 0 aliphatic heterocycles. The van der Waals surface area contributed by atoms with E-state index in [2.05, 4.69) is 9.55 Å². The molecule has 3 rings (SSSR count). The van der Waals surface area contributed by atoms with E-state index < -0.39 is 5.97 Å². The zero-order valence-electron chi connectivity index (χ0n) is 12.6. The number of carbonyl (C=O) groups is 1. The highest BCUT2D eigenvalue weighted by atomic mass is 16.5. The molecule has 2 heterocycles. The molecule has 5 heteroatoms. The number of aryl methyl sites for hydroxylation is 1. The van der Waals surface area contributed by atoms with Gasteiger partial charge in [0, 0.05) is 24.5 Å². The van der Waals surface area contributed by atoms with Crippen LogP contribution in [-0.4, -0.2) is 27.7 Å². The molecule has 0 aliphatic carbocycles. The van der Waals surface area contributed by atoms with Gasteiger partial charge in [0.2, 0.25) is 0 Å². The first-order valence-electron chi connectivity index (χ1n) is 6.86. The summed E-state index contributed by atoms with van der Waals surface area (Å²) < 4.78 is 7.57. The Kier molecular flexibility index (Phi) is 3.33. The molecule has 112 valence electrons. The number of aromatic nitrogens is 2. The second-order valence-corrected chi connectivity index (χ2v) is 5.11. The standard InChI is InChI=1S/C17H16N2O3/c1-10-15(12-8-7-11(9-18-12)17(20)21)16-13(19(10)2)5-4-6-14(16)22-3/h4-9H,1-3H3,(H,20,21). The van der Waals surface area contributed by atoms with Crippen LogP contribution in [0.4, 0.5) is 0 Å². The summed E-state index contributed by atoms with van der Waals surface area (Å²) in [6.07, 6.45) is 1.38. The third-order valence-electron chi connectivity index (χ3n) is 3.97. The molecule has 5 nitrogen and oxygen atoms in total. The predicted octanol–water partition coefficient (Wildman–Crippen LogP) is 3.26. The Labute approximate surface area is 127 Å². The summed E-state index contributed by atoms with van der Waals surface area (Å²) in [7, 11) is 3.63. The van der Waals surface area contributed by atoms with Crippen LogP contribution >= 0.6 is 0 Å². The fourth-order valence-electron chi connectivity index (χ4n) is 2.73. The Morgan fingerprint density at radius 1 is 1.27 bits per heavy atom. The van der Waals surface area contributed by atoms with E-state index in [9.17, 15) is 4.79 Å². The van der Waals surface area contributed by atoms with E-state index in [1.54, 1.807) is 19.2 Å². The second-order valence-electron chi connectivity index (χ2n) is 5.11. The zero-order chi connectivity index (χ0) is 15.9. The van der Waals surface area contributed by atoms with Gasteiger partial charge < -0.3 is 14.4 Å². The molecule has 0 aliphatic rings. The first kappa shape index (κ1) is 14.1. The van der Waals surface area contributed by atoms with Crippen molar-refractivity contribution in [3.05, 3.63) is 47.8 Å².